The summed E-state index contributed by atoms with van der Waals surface area (Å²) in [6.45, 7) is 3.36. The number of benzene rings is 1. The molecule has 2 aromatic rings. The van der Waals surface area contributed by atoms with Crippen LogP contribution in [0.5, 0.6) is 0 Å². The van der Waals surface area contributed by atoms with Crippen molar-refractivity contribution in [2.45, 2.75) is 13.8 Å². The standard InChI is InChI=1S/C15H16N4O3.ClH/c1-9-7-10(2)18-15(17-9)19-12-5-3-11(4-6-12)14(22)16-8-13(20)21;/h3-7H,8H2,1-2H3,(H,16,22)(H,20,21)(H,17,18,19);1H. The molecule has 0 aliphatic heterocycles. The molecule has 0 unspecified atom stereocenters. The number of nitrogens with zero attached hydrogens (tertiary/aromatic N) is 2. The van der Waals surface area contributed by atoms with Gasteiger partial charge in [0.2, 0.25) is 5.95 Å². The maximum atomic E-state index is 11.7. The minimum Gasteiger partial charge on any atom is -0.480 e. The fourth-order valence-electron chi connectivity index (χ4n) is 1.87. The number of aromatic nitrogens is 2. The summed E-state index contributed by atoms with van der Waals surface area (Å²) in [6.07, 6.45) is 0. The summed E-state index contributed by atoms with van der Waals surface area (Å²) in [5.74, 6) is -1.03. The number of halogens is 1. The molecule has 1 aromatic heterocycles. The van der Waals surface area contributed by atoms with Crippen molar-refractivity contribution in [3.63, 3.8) is 0 Å². The highest BCUT2D eigenvalue weighted by molar-refractivity contribution is 5.96. The maximum Gasteiger partial charge on any atom is 0.322 e. The van der Waals surface area contributed by atoms with Gasteiger partial charge in [-0.2, -0.15) is 0 Å². The Balaban J connectivity index is 0.00000264. The topological polar surface area (TPSA) is 104 Å². The lowest BCUT2D eigenvalue weighted by molar-refractivity contribution is -0.135. The number of carboxylic acid groups (broad SMARTS) is 1. The van der Waals surface area contributed by atoms with Crippen LogP contribution in [0.25, 0.3) is 0 Å². The molecule has 0 radical (unpaired) electrons. The van der Waals surface area contributed by atoms with E-state index in [9.17, 15) is 9.59 Å². The smallest absolute Gasteiger partial charge is 0.322 e. The molecule has 0 aliphatic rings. The lowest BCUT2D eigenvalue weighted by atomic mass is 10.2. The predicted molar refractivity (Wildman–Crippen MR) is 88.4 cm³/mol. The Morgan fingerprint density at radius 3 is 2.17 bits per heavy atom. The molecule has 0 aliphatic carbocycles. The molecule has 0 saturated heterocycles. The SMILES string of the molecule is Cc1cc(C)nc(Nc2ccc(C(=O)NCC(=O)O)cc2)n1.Cl. The molecule has 1 heterocycles. The van der Waals surface area contributed by atoms with Crippen LogP contribution in [0.1, 0.15) is 21.7 Å². The maximum absolute atomic E-state index is 11.7. The van der Waals surface area contributed by atoms with E-state index in [-0.39, 0.29) is 12.4 Å². The van der Waals surface area contributed by atoms with Gasteiger partial charge < -0.3 is 15.7 Å². The fraction of sp³-hybridized carbons (Fsp3) is 0.200. The summed E-state index contributed by atoms with van der Waals surface area (Å²) in [5.41, 5.74) is 2.84. The monoisotopic (exact) mass is 336 g/mol. The van der Waals surface area contributed by atoms with Gasteiger partial charge in [0.1, 0.15) is 6.54 Å². The van der Waals surface area contributed by atoms with Gasteiger partial charge in [-0.1, -0.05) is 0 Å². The first-order valence-corrected chi connectivity index (χ1v) is 6.63. The summed E-state index contributed by atoms with van der Waals surface area (Å²) in [4.78, 5) is 30.6. The third-order valence-corrected chi connectivity index (χ3v) is 2.79. The summed E-state index contributed by atoms with van der Waals surface area (Å²) in [7, 11) is 0. The number of amides is 1. The number of anilines is 2. The zero-order valence-electron chi connectivity index (χ0n) is 12.7. The molecule has 0 atom stereocenters. The van der Waals surface area contributed by atoms with Crippen molar-refractivity contribution < 1.29 is 14.7 Å². The minimum atomic E-state index is -1.08. The van der Waals surface area contributed by atoms with E-state index in [0.717, 1.165) is 17.1 Å². The third kappa shape index (κ3) is 5.55. The van der Waals surface area contributed by atoms with E-state index in [0.29, 0.717) is 11.5 Å². The lowest BCUT2D eigenvalue weighted by Gasteiger charge is -2.07. The van der Waals surface area contributed by atoms with Crippen molar-refractivity contribution in [1.29, 1.82) is 0 Å². The molecule has 1 amide bonds. The highest BCUT2D eigenvalue weighted by Crippen LogP contribution is 2.14. The second-order valence-corrected chi connectivity index (χ2v) is 4.75. The van der Waals surface area contributed by atoms with Gasteiger partial charge in [0, 0.05) is 22.6 Å². The predicted octanol–water partition coefficient (Wildman–Crippen LogP) is 2.07. The molecule has 0 fully saturated rings. The number of aryl methyl sites for hydroxylation is 2. The molecule has 0 saturated carbocycles. The number of hydrogen-bond donors (Lipinski definition) is 3. The van der Waals surface area contributed by atoms with Crippen molar-refractivity contribution in [3.8, 4) is 0 Å². The van der Waals surface area contributed by atoms with Crippen molar-refractivity contribution in [3.05, 3.63) is 47.3 Å². The zero-order chi connectivity index (χ0) is 16.1. The van der Waals surface area contributed by atoms with E-state index in [4.69, 9.17) is 5.11 Å². The largest absolute Gasteiger partial charge is 0.480 e. The van der Waals surface area contributed by atoms with E-state index in [2.05, 4.69) is 20.6 Å². The molecular formula is C15H17ClN4O3. The van der Waals surface area contributed by atoms with Crippen molar-refractivity contribution >= 4 is 35.9 Å². The molecule has 3 N–H and O–H groups in total. The zero-order valence-corrected chi connectivity index (χ0v) is 13.5. The van der Waals surface area contributed by atoms with Gasteiger partial charge in [-0.05, 0) is 44.2 Å². The summed E-state index contributed by atoms with van der Waals surface area (Å²) < 4.78 is 0. The minimum absolute atomic E-state index is 0. The molecule has 8 heteroatoms. The first-order chi connectivity index (χ1) is 10.4. The normalized spacial score (nSPS) is 9.65. The number of carbonyl (C=O) groups excluding carboxylic acids is 1. The Kier molecular flexibility index (Phi) is 6.47. The number of rotatable bonds is 5. The van der Waals surface area contributed by atoms with Gasteiger partial charge in [0.25, 0.3) is 5.91 Å². The lowest BCUT2D eigenvalue weighted by Crippen LogP contribution is -2.29. The van der Waals surface area contributed by atoms with Crippen LogP contribution >= 0.6 is 12.4 Å². The van der Waals surface area contributed by atoms with E-state index < -0.39 is 18.4 Å². The molecule has 23 heavy (non-hydrogen) atoms. The van der Waals surface area contributed by atoms with Gasteiger partial charge in [-0.3, -0.25) is 9.59 Å². The van der Waals surface area contributed by atoms with Crippen molar-refractivity contribution in [2.75, 3.05) is 11.9 Å². The van der Waals surface area contributed by atoms with Gasteiger partial charge >= 0.3 is 5.97 Å². The molecular weight excluding hydrogens is 320 g/mol. The molecule has 0 spiro atoms. The number of aliphatic carboxylic acids is 1. The van der Waals surface area contributed by atoms with Crippen LogP contribution < -0.4 is 10.6 Å². The summed E-state index contributed by atoms with van der Waals surface area (Å²) in [5, 5.41) is 13.9. The number of hydrogen-bond acceptors (Lipinski definition) is 5. The third-order valence-electron chi connectivity index (χ3n) is 2.79. The fourth-order valence-corrected chi connectivity index (χ4v) is 1.87. The van der Waals surface area contributed by atoms with E-state index in [1.54, 1.807) is 24.3 Å². The van der Waals surface area contributed by atoms with Crippen LogP contribution in [0.4, 0.5) is 11.6 Å². The van der Waals surface area contributed by atoms with Crippen LogP contribution in [0.2, 0.25) is 0 Å². The van der Waals surface area contributed by atoms with Crippen molar-refractivity contribution in [1.82, 2.24) is 15.3 Å². The Bertz CT molecular complexity index is 684. The average Bonchev–Trinajstić information content (AvgIpc) is 2.44. The Labute approximate surface area is 139 Å². The Morgan fingerprint density at radius 2 is 1.65 bits per heavy atom. The number of nitrogens with one attached hydrogen (secondary N) is 2. The average molecular weight is 337 g/mol. The highest BCUT2D eigenvalue weighted by atomic mass is 35.5. The van der Waals surface area contributed by atoms with E-state index in [1.165, 1.54) is 0 Å². The molecule has 0 bridgehead atoms. The van der Waals surface area contributed by atoms with Crippen LogP contribution in [0.15, 0.2) is 30.3 Å². The van der Waals surface area contributed by atoms with Crippen LogP contribution in [-0.2, 0) is 4.79 Å². The first-order valence-electron chi connectivity index (χ1n) is 6.63. The van der Waals surface area contributed by atoms with E-state index >= 15 is 0 Å². The van der Waals surface area contributed by atoms with Crippen LogP contribution in [0, 0.1) is 13.8 Å². The molecule has 1 aromatic carbocycles. The summed E-state index contributed by atoms with van der Waals surface area (Å²) in [6, 6.07) is 8.48. The van der Waals surface area contributed by atoms with Crippen LogP contribution in [0.3, 0.4) is 0 Å². The van der Waals surface area contributed by atoms with Gasteiger partial charge in [-0.25, -0.2) is 9.97 Å². The molecule has 2 rings (SSSR count). The van der Waals surface area contributed by atoms with Crippen molar-refractivity contribution in [2.24, 2.45) is 0 Å². The molecule has 7 nitrogen and oxygen atoms in total. The highest BCUT2D eigenvalue weighted by Gasteiger charge is 2.07. The summed E-state index contributed by atoms with van der Waals surface area (Å²) >= 11 is 0. The van der Waals surface area contributed by atoms with E-state index in [1.807, 2.05) is 19.9 Å². The van der Waals surface area contributed by atoms with Gasteiger partial charge in [-0.15, -0.1) is 12.4 Å². The number of carbonyl (C=O) groups is 2. The quantitative estimate of drug-likeness (QED) is 0.772. The molecule has 122 valence electrons. The number of carboxylic acids is 1. The Hall–Kier alpha value is -2.67. The van der Waals surface area contributed by atoms with Gasteiger partial charge in [0.15, 0.2) is 0 Å². The Morgan fingerprint density at radius 1 is 1.09 bits per heavy atom. The van der Waals surface area contributed by atoms with Gasteiger partial charge in [0.05, 0.1) is 0 Å². The second-order valence-electron chi connectivity index (χ2n) is 4.75. The second kappa shape index (κ2) is 8.09. The first kappa shape index (κ1) is 18.4. The van der Waals surface area contributed by atoms with Crippen LogP contribution in [-0.4, -0.2) is 33.5 Å².